The van der Waals surface area contributed by atoms with Crippen molar-refractivity contribution < 1.29 is 8.42 Å². The van der Waals surface area contributed by atoms with Gasteiger partial charge in [-0.05, 0) is 47.3 Å². The van der Waals surface area contributed by atoms with Crippen LogP contribution in [0, 0.1) is 6.92 Å². The van der Waals surface area contributed by atoms with E-state index in [-0.39, 0.29) is 0 Å². The summed E-state index contributed by atoms with van der Waals surface area (Å²) in [6.45, 7) is 1.88. The molecule has 1 saturated carbocycles. The van der Waals surface area contributed by atoms with Crippen LogP contribution in [0.2, 0.25) is 0 Å². The summed E-state index contributed by atoms with van der Waals surface area (Å²) in [5.41, 5.74) is 0.483. The molecule has 0 aliphatic heterocycles. The average Bonchev–Trinajstić information content (AvgIpc) is 2.88. The minimum absolute atomic E-state index is 0.331. The Morgan fingerprint density at radius 3 is 2.56 bits per heavy atom. The van der Waals surface area contributed by atoms with Crippen LogP contribution >= 0.6 is 38.9 Å². The van der Waals surface area contributed by atoms with Gasteiger partial charge in [0.2, 0.25) is 0 Å². The summed E-state index contributed by atoms with van der Waals surface area (Å²) >= 11 is 10.6. The minimum Gasteiger partial charge on any atom is -0.206 e. The first kappa shape index (κ1) is 14.8. The second-order valence-corrected chi connectivity index (χ2v) is 9.30. The molecule has 1 aliphatic rings. The van der Waals surface area contributed by atoms with Crippen LogP contribution in [0.1, 0.15) is 31.2 Å². The SMILES string of the molecule is Cc1cc(S(=O)(=O)NC2(CCl)CCCC2)sc1Br. The molecule has 7 heteroatoms. The zero-order valence-electron chi connectivity index (χ0n) is 10.0. The molecule has 1 aromatic heterocycles. The third-order valence-electron chi connectivity index (χ3n) is 3.27. The number of aryl methyl sites for hydroxylation is 1. The zero-order chi connectivity index (χ0) is 13.4. The first-order valence-electron chi connectivity index (χ1n) is 5.74. The molecule has 1 N–H and O–H groups in total. The van der Waals surface area contributed by atoms with E-state index >= 15 is 0 Å². The molecule has 0 amide bonds. The molecule has 0 bridgehead atoms. The van der Waals surface area contributed by atoms with Crippen LogP contribution in [0.5, 0.6) is 0 Å². The molecule has 0 saturated heterocycles. The first-order valence-corrected chi connectivity index (χ1v) is 9.37. The van der Waals surface area contributed by atoms with Gasteiger partial charge in [-0.3, -0.25) is 0 Å². The molecule has 102 valence electrons. The van der Waals surface area contributed by atoms with Crippen molar-refractivity contribution in [2.75, 3.05) is 5.88 Å². The van der Waals surface area contributed by atoms with E-state index in [2.05, 4.69) is 20.7 Å². The van der Waals surface area contributed by atoms with E-state index in [1.54, 1.807) is 6.07 Å². The van der Waals surface area contributed by atoms with E-state index in [0.717, 1.165) is 35.0 Å². The molecule has 0 aromatic carbocycles. The number of nitrogens with one attached hydrogen (secondary N) is 1. The summed E-state index contributed by atoms with van der Waals surface area (Å²) in [6, 6.07) is 1.69. The highest BCUT2D eigenvalue weighted by molar-refractivity contribution is 9.11. The van der Waals surface area contributed by atoms with Crippen molar-refractivity contribution >= 4 is 48.9 Å². The van der Waals surface area contributed by atoms with Crippen LogP contribution in [-0.4, -0.2) is 19.8 Å². The average molecular weight is 373 g/mol. The maximum absolute atomic E-state index is 12.3. The van der Waals surface area contributed by atoms with Gasteiger partial charge in [0.25, 0.3) is 10.0 Å². The highest BCUT2D eigenvalue weighted by Gasteiger charge is 2.37. The van der Waals surface area contributed by atoms with Crippen LogP contribution in [-0.2, 0) is 10.0 Å². The molecule has 0 radical (unpaired) electrons. The van der Waals surface area contributed by atoms with Crippen LogP contribution in [0.4, 0.5) is 0 Å². The Morgan fingerprint density at radius 1 is 1.50 bits per heavy atom. The highest BCUT2D eigenvalue weighted by atomic mass is 79.9. The Balaban J connectivity index is 2.26. The molecule has 0 spiro atoms. The van der Waals surface area contributed by atoms with Crippen molar-refractivity contribution in [3.05, 3.63) is 15.4 Å². The number of sulfonamides is 1. The zero-order valence-corrected chi connectivity index (χ0v) is 14.0. The normalized spacial score (nSPS) is 19.3. The minimum atomic E-state index is -3.46. The lowest BCUT2D eigenvalue weighted by atomic mass is 10.0. The van der Waals surface area contributed by atoms with E-state index in [1.165, 1.54) is 11.3 Å². The number of rotatable bonds is 4. The quantitative estimate of drug-likeness (QED) is 0.820. The molecular weight excluding hydrogens is 358 g/mol. The largest absolute Gasteiger partial charge is 0.250 e. The van der Waals surface area contributed by atoms with Gasteiger partial charge in [0.1, 0.15) is 4.21 Å². The standard InChI is InChI=1S/C11H15BrClNO2S2/c1-8-6-9(17-10(8)12)18(15,16)14-11(7-13)4-2-3-5-11/h6,14H,2-5,7H2,1H3. The van der Waals surface area contributed by atoms with Gasteiger partial charge in [-0.1, -0.05) is 12.8 Å². The molecule has 1 aromatic rings. The highest BCUT2D eigenvalue weighted by Crippen LogP contribution is 2.35. The number of halogens is 2. The summed E-state index contributed by atoms with van der Waals surface area (Å²) in [5, 5.41) is 0. The maximum Gasteiger partial charge on any atom is 0.250 e. The Morgan fingerprint density at radius 2 is 2.11 bits per heavy atom. The van der Waals surface area contributed by atoms with Crippen LogP contribution in [0.15, 0.2) is 14.1 Å². The number of alkyl halides is 1. The van der Waals surface area contributed by atoms with Gasteiger partial charge in [0.05, 0.1) is 3.79 Å². The van der Waals surface area contributed by atoms with Crippen LogP contribution in [0.25, 0.3) is 0 Å². The number of hydrogen-bond donors (Lipinski definition) is 1. The second kappa shape index (κ2) is 5.40. The van der Waals surface area contributed by atoms with Crippen molar-refractivity contribution in [2.24, 2.45) is 0 Å². The lowest BCUT2D eigenvalue weighted by Gasteiger charge is -2.26. The van der Waals surface area contributed by atoms with Gasteiger partial charge in [-0.25, -0.2) is 13.1 Å². The van der Waals surface area contributed by atoms with E-state index in [1.807, 2.05) is 6.92 Å². The third kappa shape index (κ3) is 2.93. The van der Waals surface area contributed by atoms with E-state index in [9.17, 15) is 8.42 Å². The molecule has 1 heterocycles. The summed E-state index contributed by atoms with van der Waals surface area (Å²) in [6.07, 6.45) is 3.70. The fourth-order valence-corrected chi connectivity index (χ4v) is 6.31. The summed E-state index contributed by atoms with van der Waals surface area (Å²) in [5.74, 6) is 0.331. The van der Waals surface area contributed by atoms with Crippen molar-refractivity contribution in [2.45, 2.75) is 42.4 Å². The van der Waals surface area contributed by atoms with Crippen molar-refractivity contribution in [1.29, 1.82) is 0 Å². The molecule has 3 nitrogen and oxygen atoms in total. The predicted octanol–water partition coefficient (Wildman–Crippen LogP) is 3.65. The monoisotopic (exact) mass is 371 g/mol. The van der Waals surface area contributed by atoms with Crippen molar-refractivity contribution in [1.82, 2.24) is 4.72 Å². The predicted molar refractivity (Wildman–Crippen MR) is 79.0 cm³/mol. The van der Waals surface area contributed by atoms with Gasteiger partial charge in [-0.2, -0.15) is 0 Å². The van der Waals surface area contributed by atoms with E-state index in [0.29, 0.717) is 10.1 Å². The van der Waals surface area contributed by atoms with Crippen LogP contribution in [0.3, 0.4) is 0 Å². The molecule has 2 rings (SSSR count). The second-order valence-electron chi connectivity index (χ2n) is 4.75. The number of thiophene rings is 1. The van der Waals surface area contributed by atoms with Crippen LogP contribution < -0.4 is 4.72 Å². The Kier molecular flexibility index (Phi) is 4.44. The third-order valence-corrected chi connectivity index (χ3v) is 7.97. The Bertz CT molecular complexity index is 516. The molecular formula is C11H15BrClNO2S2. The molecule has 1 fully saturated rings. The van der Waals surface area contributed by atoms with Crippen molar-refractivity contribution in [3.63, 3.8) is 0 Å². The van der Waals surface area contributed by atoms with E-state index < -0.39 is 15.6 Å². The lowest BCUT2D eigenvalue weighted by molar-refractivity contribution is 0.433. The molecule has 1 aliphatic carbocycles. The van der Waals surface area contributed by atoms with Gasteiger partial charge in [0, 0.05) is 11.4 Å². The van der Waals surface area contributed by atoms with Gasteiger partial charge in [-0.15, -0.1) is 22.9 Å². The summed E-state index contributed by atoms with van der Waals surface area (Å²) in [4.78, 5) is 0. The summed E-state index contributed by atoms with van der Waals surface area (Å²) < 4.78 is 28.7. The van der Waals surface area contributed by atoms with Gasteiger partial charge >= 0.3 is 0 Å². The number of hydrogen-bond acceptors (Lipinski definition) is 3. The topological polar surface area (TPSA) is 46.2 Å². The van der Waals surface area contributed by atoms with Gasteiger partial charge in [0.15, 0.2) is 0 Å². The molecule has 0 atom stereocenters. The fourth-order valence-electron chi connectivity index (χ4n) is 2.21. The lowest BCUT2D eigenvalue weighted by Crippen LogP contribution is -2.47. The van der Waals surface area contributed by atoms with E-state index in [4.69, 9.17) is 11.6 Å². The molecule has 18 heavy (non-hydrogen) atoms. The first-order chi connectivity index (χ1) is 8.38. The smallest absolute Gasteiger partial charge is 0.206 e. The maximum atomic E-state index is 12.3. The van der Waals surface area contributed by atoms with Gasteiger partial charge < -0.3 is 0 Å². The summed E-state index contributed by atoms with van der Waals surface area (Å²) in [7, 11) is -3.46. The fraction of sp³-hybridized carbons (Fsp3) is 0.636. The Hall–Kier alpha value is 0.380. The molecule has 0 unspecified atom stereocenters. The van der Waals surface area contributed by atoms with Crippen molar-refractivity contribution in [3.8, 4) is 0 Å². The Labute approximate surface area is 125 Å².